The fourth-order valence-corrected chi connectivity index (χ4v) is 1.55. The van der Waals surface area contributed by atoms with Gasteiger partial charge in [0.15, 0.2) is 0 Å². The van der Waals surface area contributed by atoms with Gasteiger partial charge in [-0.25, -0.2) is 0 Å². The number of benzene rings is 1. The molecule has 0 aliphatic rings. The Labute approximate surface area is 92.8 Å². The number of hydrogen-bond acceptors (Lipinski definition) is 1. The molecule has 1 heteroatoms. The predicted octanol–water partition coefficient (Wildman–Crippen LogP) is 4.19. The molecule has 0 aliphatic heterocycles. The zero-order valence-corrected chi connectivity index (χ0v) is 9.70. The second-order valence-corrected chi connectivity index (χ2v) is 4.21. The van der Waals surface area contributed by atoms with E-state index in [1.807, 2.05) is 12.1 Å². The van der Waals surface area contributed by atoms with Crippen molar-refractivity contribution < 1.29 is 4.74 Å². The van der Waals surface area contributed by atoms with Gasteiger partial charge in [0.05, 0.1) is 6.26 Å². The Kier molecular flexibility index (Phi) is 4.96. The van der Waals surface area contributed by atoms with E-state index in [-0.39, 0.29) is 0 Å². The highest BCUT2D eigenvalue weighted by Crippen LogP contribution is 2.15. The van der Waals surface area contributed by atoms with Gasteiger partial charge in [-0.2, -0.15) is 0 Å². The van der Waals surface area contributed by atoms with Gasteiger partial charge in [-0.1, -0.05) is 39.0 Å². The Bertz CT molecular complexity index is 285. The quantitative estimate of drug-likeness (QED) is 0.631. The Morgan fingerprint density at radius 2 is 1.93 bits per heavy atom. The summed E-state index contributed by atoms with van der Waals surface area (Å²) in [6, 6.07) is 8.23. The van der Waals surface area contributed by atoms with Crippen LogP contribution in [0.3, 0.4) is 0 Å². The molecule has 0 saturated carbocycles. The minimum Gasteiger partial charge on any atom is -0.466 e. The van der Waals surface area contributed by atoms with E-state index < -0.39 is 0 Å². The summed E-state index contributed by atoms with van der Waals surface area (Å²) in [5.74, 6) is 1.66. The van der Waals surface area contributed by atoms with Gasteiger partial charge in [-0.3, -0.25) is 0 Å². The summed E-state index contributed by atoms with van der Waals surface area (Å²) in [7, 11) is 0. The van der Waals surface area contributed by atoms with Gasteiger partial charge in [-0.05, 0) is 36.5 Å². The van der Waals surface area contributed by atoms with Gasteiger partial charge in [0.1, 0.15) is 5.75 Å². The van der Waals surface area contributed by atoms with E-state index in [9.17, 15) is 0 Å². The van der Waals surface area contributed by atoms with Crippen LogP contribution in [0.25, 0.3) is 0 Å². The molecule has 0 aliphatic carbocycles. The van der Waals surface area contributed by atoms with Crippen LogP contribution in [0.1, 0.15) is 32.3 Å². The first-order valence-electron chi connectivity index (χ1n) is 5.59. The molecule has 0 heterocycles. The fraction of sp³-hybridized carbons (Fsp3) is 0.429. The molecule has 1 rings (SSSR count). The van der Waals surface area contributed by atoms with Crippen molar-refractivity contribution in [2.24, 2.45) is 5.92 Å². The van der Waals surface area contributed by atoms with E-state index in [0.29, 0.717) is 0 Å². The van der Waals surface area contributed by atoms with Crippen LogP contribution in [-0.4, -0.2) is 0 Å². The fourth-order valence-electron chi connectivity index (χ4n) is 1.55. The molecule has 82 valence electrons. The standard InChI is InChI=1S/C14H20O/c1-4-15-14-10-8-13(9-11-14)7-5-6-12(2)3/h4,8-12H,1,5-7H2,2-3H3. The molecule has 0 unspecified atom stereocenters. The molecule has 0 spiro atoms. The van der Waals surface area contributed by atoms with Crippen molar-refractivity contribution in [2.45, 2.75) is 33.1 Å². The van der Waals surface area contributed by atoms with E-state index in [1.54, 1.807) is 0 Å². The molecular weight excluding hydrogens is 184 g/mol. The molecule has 0 amide bonds. The number of hydrogen-bond donors (Lipinski definition) is 0. The zero-order chi connectivity index (χ0) is 11.1. The summed E-state index contributed by atoms with van der Waals surface area (Å²) < 4.78 is 5.17. The molecule has 0 aromatic heterocycles. The third kappa shape index (κ3) is 4.68. The van der Waals surface area contributed by atoms with Gasteiger partial charge in [-0.15, -0.1) is 0 Å². The maximum Gasteiger partial charge on any atom is 0.126 e. The van der Waals surface area contributed by atoms with Crippen LogP contribution >= 0.6 is 0 Å². The van der Waals surface area contributed by atoms with Crippen molar-refractivity contribution in [3.8, 4) is 5.75 Å². The minimum atomic E-state index is 0.799. The highest BCUT2D eigenvalue weighted by Gasteiger charge is 1.97. The summed E-state index contributed by atoms with van der Waals surface area (Å²) in [4.78, 5) is 0. The second-order valence-electron chi connectivity index (χ2n) is 4.21. The molecule has 0 N–H and O–H groups in total. The van der Waals surface area contributed by atoms with Crippen molar-refractivity contribution in [3.63, 3.8) is 0 Å². The van der Waals surface area contributed by atoms with Gasteiger partial charge < -0.3 is 4.74 Å². The highest BCUT2D eigenvalue weighted by atomic mass is 16.5. The van der Waals surface area contributed by atoms with Crippen LogP contribution in [0.2, 0.25) is 0 Å². The molecule has 0 radical (unpaired) electrons. The monoisotopic (exact) mass is 204 g/mol. The third-order valence-electron chi connectivity index (χ3n) is 2.39. The van der Waals surface area contributed by atoms with Crippen molar-refractivity contribution in [3.05, 3.63) is 42.7 Å². The van der Waals surface area contributed by atoms with Crippen LogP contribution in [0.15, 0.2) is 37.1 Å². The Morgan fingerprint density at radius 3 is 2.47 bits per heavy atom. The van der Waals surface area contributed by atoms with E-state index >= 15 is 0 Å². The van der Waals surface area contributed by atoms with Crippen molar-refractivity contribution in [1.29, 1.82) is 0 Å². The molecule has 0 bridgehead atoms. The SMILES string of the molecule is C=COc1ccc(CCCC(C)C)cc1. The lowest BCUT2D eigenvalue weighted by molar-refractivity contribution is 0.483. The second kappa shape index (κ2) is 6.28. The van der Waals surface area contributed by atoms with Gasteiger partial charge in [0.2, 0.25) is 0 Å². The summed E-state index contributed by atoms with van der Waals surface area (Å²) in [5.41, 5.74) is 1.38. The maximum atomic E-state index is 5.17. The van der Waals surface area contributed by atoms with Crippen molar-refractivity contribution in [2.75, 3.05) is 0 Å². The van der Waals surface area contributed by atoms with E-state index in [2.05, 4.69) is 32.6 Å². The molecule has 0 atom stereocenters. The summed E-state index contributed by atoms with van der Waals surface area (Å²) in [5, 5.41) is 0. The largest absolute Gasteiger partial charge is 0.466 e. The van der Waals surface area contributed by atoms with Crippen LogP contribution in [0.5, 0.6) is 5.75 Å². The Hall–Kier alpha value is -1.24. The first-order chi connectivity index (χ1) is 7.22. The normalized spacial score (nSPS) is 10.3. The summed E-state index contributed by atoms with van der Waals surface area (Å²) in [6.07, 6.45) is 5.17. The zero-order valence-electron chi connectivity index (χ0n) is 9.70. The molecule has 1 aromatic carbocycles. The third-order valence-corrected chi connectivity index (χ3v) is 2.39. The van der Waals surface area contributed by atoms with Gasteiger partial charge in [0, 0.05) is 0 Å². The molecule has 1 nitrogen and oxygen atoms in total. The van der Waals surface area contributed by atoms with Gasteiger partial charge in [0.25, 0.3) is 0 Å². The van der Waals surface area contributed by atoms with E-state index in [4.69, 9.17) is 4.74 Å². The van der Waals surface area contributed by atoms with Crippen LogP contribution in [0.4, 0.5) is 0 Å². The van der Waals surface area contributed by atoms with Gasteiger partial charge >= 0.3 is 0 Å². The van der Waals surface area contributed by atoms with Crippen molar-refractivity contribution in [1.82, 2.24) is 0 Å². The highest BCUT2D eigenvalue weighted by molar-refractivity contribution is 5.27. The molecule has 0 saturated heterocycles. The van der Waals surface area contributed by atoms with Crippen LogP contribution in [0, 0.1) is 5.92 Å². The van der Waals surface area contributed by atoms with Crippen molar-refractivity contribution >= 4 is 0 Å². The molecule has 15 heavy (non-hydrogen) atoms. The Balaban J connectivity index is 2.39. The lowest BCUT2D eigenvalue weighted by Crippen LogP contribution is -1.91. The topological polar surface area (TPSA) is 9.23 Å². The van der Waals surface area contributed by atoms with E-state index in [1.165, 1.54) is 24.7 Å². The lowest BCUT2D eigenvalue weighted by Gasteiger charge is -2.05. The van der Waals surface area contributed by atoms with E-state index in [0.717, 1.165) is 18.1 Å². The Morgan fingerprint density at radius 1 is 1.27 bits per heavy atom. The maximum absolute atomic E-state index is 5.17. The molecule has 0 fully saturated rings. The minimum absolute atomic E-state index is 0.799. The molecule has 1 aromatic rings. The summed E-state index contributed by atoms with van der Waals surface area (Å²) >= 11 is 0. The predicted molar refractivity (Wildman–Crippen MR) is 65.0 cm³/mol. The van der Waals surface area contributed by atoms with Crippen LogP contribution in [-0.2, 0) is 6.42 Å². The number of rotatable bonds is 6. The smallest absolute Gasteiger partial charge is 0.126 e. The number of ether oxygens (including phenoxy) is 1. The summed E-state index contributed by atoms with van der Waals surface area (Å²) in [6.45, 7) is 8.05. The average Bonchev–Trinajstić information content (AvgIpc) is 2.20. The van der Waals surface area contributed by atoms with Crippen LogP contribution < -0.4 is 4.74 Å². The molecular formula is C14H20O. The average molecular weight is 204 g/mol. The first kappa shape index (κ1) is 11.8. The lowest BCUT2D eigenvalue weighted by atomic mass is 10.0. The first-order valence-corrected chi connectivity index (χ1v) is 5.59. The number of aryl methyl sites for hydroxylation is 1.